The van der Waals surface area contributed by atoms with Gasteiger partial charge in [0.1, 0.15) is 6.04 Å². The van der Waals surface area contributed by atoms with Crippen LogP contribution in [0.15, 0.2) is 42.5 Å². The zero-order valence-corrected chi connectivity index (χ0v) is 23.0. The number of aryl methyl sites for hydroxylation is 1. The molecule has 3 rings (SSSR count). The topological polar surface area (TPSA) is 105 Å². The average Bonchev–Trinajstić information content (AvgIpc) is 3.30. The van der Waals surface area contributed by atoms with Crippen molar-refractivity contribution in [3.05, 3.63) is 53.6 Å². The fourth-order valence-electron chi connectivity index (χ4n) is 4.09. The predicted molar refractivity (Wildman–Crippen MR) is 143 cm³/mol. The first-order valence-corrected chi connectivity index (χ1v) is 14.3. The van der Waals surface area contributed by atoms with Crippen molar-refractivity contribution in [3.8, 4) is 11.5 Å². The van der Waals surface area contributed by atoms with Crippen molar-refractivity contribution in [1.29, 1.82) is 0 Å². The van der Waals surface area contributed by atoms with E-state index in [-0.39, 0.29) is 50.5 Å². The van der Waals surface area contributed by atoms with Gasteiger partial charge in [0.25, 0.3) is 0 Å². The van der Waals surface area contributed by atoms with E-state index in [2.05, 4.69) is 5.32 Å². The van der Waals surface area contributed by atoms with E-state index in [1.807, 2.05) is 45.0 Å². The Balaban J connectivity index is 1.72. The molecule has 2 aromatic rings. The van der Waals surface area contributed by atoms with Gasteiger partial charge < -0.3 is 19.7 Å². The highest BCUT2D eigenvalue weighted by molar-refractivity contribution is 7.92. The van der Waals surface area contributed by atoms with Crippen LogP contribution in [0.25, 0.3) is 0 Å². The van der Waals surface area contributed by atoms with Crippen LogP contribution in [0.5, 0.6) is 11.5 Å². The molecule has 0 bridgehead atoms. The first-order valence-electron chi connectivity index (χ1n) is 12.5. The van der Waals surface area contributed by atoms with E-state index >= 15 is 0 Å². The fourth-order valence-corrected chi connectivity index (χ4v) is 5.04. The van der Waals surface area contributed by atoms with Gasteiger partial charge in [-0.2, -0.15) is 0 Å². The lowest BCUT2D eigenvalue weighted by Crippen LogP contribution is -2.48. The van der Waals surface area contributed by atoms with Gasteiger partial charge in [-0.1, -0.05) is 43.7 Å². The maximum Gasteiger partial charge on any atom is 0.242 e. The van der Waals surface area contributed by atoms with Crippen molar-refractivity contribution < 1.29 is 27.5 Å². The molecule has 0 unspecified atom stereocenters. The Morgan fingerprint density at radius 2 is 1.78 bits per heavy atom. The summed E-state index contributed by atoms with van der Waals surface area (Å²) in [5.41, 5.74) is 2.43. The van der Waals surface area contributed by atoms with Gasteiger partial charge in [0, 0.05) is 32.1 Å². The summed E-state index contributed by atoms with van der Waals surface area (Å²) < 4.78 is 37.0. The minimum absolute atomic E-state index is 0.0875. The minimum atomic E-state index is -3.60. The molecule has 1 aliphatic rings. The van der Waals surface area contributed by atoms with Crippen LogP contribution in [-0.2, 0) is 26.2 Å². The molecule has 202 valence electrons. The summed E-state index contributed by atoms with van der Waals surface area (Å²) in [5, 5.41) is 2.91. The Morgan fingerprint density at radius 3 is 2.46 bits per heavy atom. The Hall–Kier alpha value is -3.27. The maximum absolute atomic E-state index is 13.4. The van der Waals surface area contributed by atoms with E-state index < -0.39 is 16.1 Å². The van der Waals surface area contributed by atoms with Crippen molar-refractivity contribution in [2.45, 2.75) is 53.1 Å². The van der Waals surface area contributed by atoms with Gasteiger partial charge in [-0.05, 0) is 43.9 Å². The fraction of sp³-hybridized carbons (Fsp3) is 0.481. The number of hydrogen-bond acceptors (Lipinski definition) is 6. The standard InChI is InChI=1S/C27H37N3O6S/c1-19(2)16-28-27(32)21(4)29(17-22-9-6-8-20(3)14-22)26(31)10-7-13-30(37(5,33)34)23-11-12-24-25(15-23)36-18-35-24/h6,8-9,11-12,14-15,19,21H,7,10,13,16-18H2,1-5H3,(H,28,32)/t21-/m0/s1. The number of sulfonamides is 1. The number of benzene rings is 2. The number of carbonyl (C=O) groups excluding carboxylic acids is 2. The molecule has 9 nitrogen and oxygen atoms in total. The van der Waals surface area contributed by atoms with Gasteiger partial charge in [0.2, 0.25) is 28.6 Å². The van der Waals surface area contributed by atoms with Crippen molar-refractivity contribution in [1.82, 2.24) is 10.2 Å². The Kier molecular flexibility index (Phi) is 9.42. The minimum Gasteiger partial charge on any atom is -0.454 e. The molecule has 0 aromatic heterocycles. The zero-order chi connectivity index (χ0) is 27.2. The summed E-state index contributed by atoms with van der Waals surface area (Å²) in [7, 11) is -3.60. The number of rotatable bonds is 12. The number of nitrogens with zero attached hydrogens (tertiary/aromatic N) is 2. The molecule has 1 heterocycles. The van der Waals surface area contributed by atoms with E-state index in [9.17, 15) is 18.0 Å². The largest absolute Gasteiger partial charge is 0.454 e. The molecule has 0 fully saturated rings. The summed E-state index contributed by atoms with van der Waals surface area (Å²) in [6, 6.07) is 12.1. The molecule has 37 heavy (non-hydrogen) atoms. The number of amides is 2. The second-order valence-corrected chi connectivity index (χ2v) is 11.7. The van der Waals surface area contributed by atoms with E-state index in [1.54, 1.807) is 30.0 Å². The lowest BCUT2D eigenvalue weighted by molar-refractivity contribution is -0.140. The van der Waals surface area contributed by atoms with Crippen molar-refractivity contribution in [2.24, 2.45) is 5.92 Å². The SMILES string of the molecule is Cc1cccc(CN(C(=O)CCCN(c2ccc3c(c2)OCO3)S(C)(=O)=O)[C@@H](C)C(=O)NCC(C)C)c1. The molecule has 2 amide bonds. The normalized spacial score (nSPS) is 13.4. The summed E-state index contributed by atoms with van der Waals surface area (Å²) in [4.78, 5) is 27.8. The molecule has 1 atom stereocenters. The van der Waals surface area contributed by atoms with Crippen LogP contribution in [0.2, 0.25) is 0 Å². The molecule has 0 saturated heterocycles. The Labute approximate surface area is 219 Å². The maximum atomic E-state index is 13.4. The van der Waals surface area contributed by atoms with Crippen molar-refractivity contribution in [2.75, 3.05) is 30.4 Å². The van der Waals surface area contributed by atoms with Crippen LogP contribution in [-0.4, -0.2) is 57.3 Å². The zero-order valence-electron chi connectivity index (χ0n) is 22.2. The summed E-state index contributed by atoms with van der Waals surface area (Å²) in [6.07, 6.45) is 1.50. The summed E-state index contributed by atoms with van der Waals surface area (Å²) in [6.45, 7) is 8.72. The summed E-state index contributed by atoms with van der Waals surface area (Å²) in [5.74, 6) is 0.896. The monoisotopic (exact) mass is 531 g/mol. The van der Waals surface area contributed by atoms with E-state index in [0.717, 1.165) is 17.4 Å². The summed E-state index contributed by atoms with van der Waals surface area (Å²) >= 11 is 0. The van der Waals surface area contributed by atoms with Gasteiger partial charge >= 0.3 is 0 Å². The second kappa shape index (κ2) is 12.3. The van der Waals surface area contributed by atoms with Gasteiger partial charge in [-0.3, -0.25) is 13.9 Å². The first-order chi connectivity index (χ1) is 17.5. The van der Waals surface area contributed by atoms with Crippen LogP contribution in [0, 0.1) is 12.8 Å². The number of nitrogens with one attached hydrogen (secondary N) is 1. The number of fused-ring (bicyclic) bond motifs is 1. The third kappa shape index (κ3) is 7.85. The molecular formula is C27H37N3O6S. The molecule has 0 spiro atoms. The second-order valence-electron chi connectivity index (χ2n) is 9.80. The van der Waals surface area contributed by atoms with E-state index in [0.29, 0.717) is 23.7 Å². The van der Waals surface area contributed by atoms with Crippen LogP contribution in [0.4, 0.5) is 5.69 Å². The van der Waals surface area contributed by atoms with Gasteiger partial charge in [0.05, 0.1) is 11.9 Å². The molecule has 10 heteroatoms. The molecule has 0 radical (unpaired) electrons. The highest BCUT2D eigenvalue weighted by Gasteiger charge is 2.27. The number of hydrogen-bond donors (Lipinski definition) is 1. The average molecular weight is 532 g/mol. The van der Waals surface area contributed by atoms with E-state index in [4.69, 9.17) is 9.47 Å². The van der Waals surface area contributed by atoms with Crippen LogP contribution in [0.1, 0.15) is 44.7 Å². The molecule has 0 saturated carbocycles. The highest BCUT2D eigenvalue weighted by atomic mass is 32.2. The Bertz CT molecular complexity index is 1210. The van der Waals surface area contributed by atoms with Crippen LogP contribution in [0.3, 0.4) is 0 Å². The third-order valence-corrected chi connectivity index (χ3v) is 7.28. The Morgan fingerprint density at radius 1 is 1.05 bits per heavy atom. The quantitative estimate of drug-likeness (QED) is 0.450. The highest BCUT2D eigenvalue weighted by Crippen LogP contribution is 2.36. The van der Waals surface area contributed by atoms with Crippen molar-refractivity contribution in [3.63, 3.8) is 0 Å². The van der Waals surface area contributed by atoms with Gasteiger partial charge in [0.15, 0.2) is 11.5 Å². The lowest BCUT2D eigenvalue weighted by atomic mass is 10.1. The van der Waals surface area contributed by atoms with Crippen molar-refractivity contribution >= 4 is 27.5 Å². The number of ether oxygens (including phenoxy) is 2. The predicted octanol–water partition coefficient (Wildman–Crippen LogP) is 3.46. The molecule has 1 aliphatic heterocycles. The molecular weight excluding hydrogens is 494 g/mol. The van der Waals surface area contributed by atoms with Crippen LogP contribution < -0.4 is 19.1 Å². The van der Waals surface area contributed by atoms with Crippen LogP contribution >= 0.6 is 0 Å². The first kappa shape index (κ1) is 28.3. The van der Waals surface area contributed by atoms with Gasteiger partial charge in [-0.15, -0.1) is 0 Å². The smallest absolute Gasteiger partial charge is 0.242 e. The third-order valence-electron chi connectivity index (χ3n) is 6.08. The number of carbonyl (C=O) groups is 2. The molecule has 2 aromatic carbocycles. The molecule has 1 N–H and O–H groups in total. The lowest BCUT2D eigenvalue weighted by Gasteiger charge is -2.30. The van der Waals surface area contributed by atoms with Gasteiger partial charge in [-0.25, -0.2) is 8.42 Å². The van der Waals surface area contributed by atoms with E-state index in [1.165, 1.54) is 4.31 Å². The number of anilines is 1. The molecule has 0 aliphatic carbocycles.